The second kappa shape index (κ2) is 8.26. The van der Waals surface area contributed by atoms with Crippen molar-refractivity contribution in [3.05, 3.63) is 26.4 Å². The van der Waals surface area contributed by atoms with Crippen LogP contribution in [0, 0.1) is 0 Å². The summed E-state index contributed by atoms with van der Waals surface area (Å²) < 4.78 is 72.8. The van der Waals surface area contributed by atoms with E-state index in [0.29, 0.717) is 9.13 Å². The van der Waals surface area contributed by atoms with Crippen molar-refractivity contribution in [3.8, 4) is 5.06 Å². The number of fused-ring (bicyclic) bond motifs is 1. The van der Waals surface area contributed by atoms with Gasteiger partial charge in [-0.15, -0.1) is 13.2 Å². The average Bonchev–Trinajstić information content (AvgIpc) is 2.92. The first-order valence-corrected chi connectivity index (χ1v) is 8.49. The summed E-state index contributed by atoms with van der Waals surface area (Å²) in [7, 11) is 0. The Morgan fingerprint density at radius 1 is 1.21 bits per heavy atom. The minimum absolute atomic E-state index is 0.179. The maximum Gasteiger partial charge on any atom is 0.522 e. The Balaban J connectivity index is 2.77. The molecule has 0 unspecified atom stereocenters. The molecular formula is C14H13F5N2O6S. The van der Waals surface area contributed by atoms with E-state index in [4.69, 9.17) is 5.11 Å². The van der Waals surface area contributed by atoms with Gasteiger partial charge in [-0.25, -0.2) is 18.4 Å². The lowest BCUT2D eigenvalue weighted by molar-refractivity contribution is -0.325. The fraction of sp³-hybridized carbons (Fsp3) is 0.500. The molecule has 2 aromatic heterocycles. The number of thiophene rings is 1. The van der Waals surface area contributed by atoms with Crippen LogP contribution in [0.4, 0.5) is 26.7 Å². The fourth-order valence-electron chi connectivity index (χ4n) is 2.49. The van der Waals surface area contributed by atoms with Crippen molar-refractivity contribution in [1.82, 2.24) is 9.13 Å². The summed E-state index contributed by atoms with van der Waals surface area (Å²) in [6.45, 7) is -0.330. The maximum absolute atomic E-state index is 13.5. The normalized spacial score (nSPS) is 12.1. The Hall–Kier alpha value is -2.48. The van der Waals surface area contributed by atoms with Crippen LogP contribution in [0.1, 0.15) is 25.3 Å². The van der Waals surface area contributed by atoms with Gasteiger partial charge in [0, 0.05) is 6.54 Å². The van der Waals surface area contributed by atoms with Gasteiger partial charge in [-0.1, -0.05) is 18.3 Å². The molecule has 14 heteroatoms. The highest BCUT2D eigenvalue weighted by Gasteiger charge is 2.31. The minimum atomic E-state index is -4.98. The van der Waals surface area contributed by atoms with Gasteiger partial charge in [0.1, 0.15) is 4.83 Å². The first kappa shape index (κ1) is 21.8. The summed E-state index contributed by atoms with van der Waals surface area (Å²) in [5.74, 6) is 0. The molecule has 8 nitrogen and oxygen atoms in total. The third kappa shape index (κ3) is 4.49. The van der Waals surface area contributed by atoms with Crippen LogP contribution in [-0.2, 0) is 17.8 Å². The maximum atomic E-state index is 13.5. The van der Waals surface area contributed by atoms with E-state index >= 15 is 0 Å². The summed E-state index contributed by atoms with van der Waals surface area (Å²) in [6.07, 6.45) is -9.99. The van der Waals surface area contributed by atoms with Gasteiger partial charge in [0.25, 0.3) is 12.0 Å². The summed E-state index contributed by atoms with van der Waals surface area (Å²) in [4.78, 5) is 35.4. The number of carbonyl (C=O) groups is 1. The monoisotopic (exact) mass is 432 g/mol. The van der Waals surface area contributed by atoms with E-state index in [2.05, 4.69) is 9.47 Å². The number of ether oxygens (including phenoxy) is 2. The first-order valence-electron chi connectivity index (χ1n) is 7.67. The molecule has 0 radical (unpaired) electrons. The van der Waals surface area contributed by atoms with Crippen LogP contribution in [0.25, 0.3) is 10.2 Å². The molecule has 0 fully saturated rings. The Morgan fingerprint density at radius 3 is 2.36 bits per heavy atom. The Kier molecular flexibility index (Phi) is 6.44. The molecule has 0 bridgehead atoms. The number of hydrogen-bond donors (Lipinski definition) is 1. The van der Waals surface area contributed by atoms with E-state index in [-0.39, 0.29) is 24.3 Å². The number of hydrogen-bond acceptors (Lipinski definition) is 6. The lowest BCUT2D eigenvalue weighted by Gasteiger charge is -2.13. The molecule has 0 saturated heterocycles. The lowest BCUT2D eigenvalue weighted by atomic mass is 10.2. The van der Waals surface area contributed by atoms with Gasteiger partial charge in [0.2, 0.25) is 0 Å². The highest BCUT2D eigenvalue weighted by Crippen LogP contribution is 2.41. The summed E-state index contributed by atoms with van der Waals surface area (Å²) in [6, 6.07) is 0. The van der Waals surface area contributed by atoms with Crippen LogP contribution in [0.15, 0.2) is 9.59 Å². The molecule has 28 heavy (non-hydrogen) atoms. The molecule has 0 amide bonds. The van der Waals surface area contributed by atoms with E-state index in [1.165, 1.54) is 0 Å². The molecule has 2 aromatic rings. The van der Waals surface area contributed by atoms with Gasteiger partial charge in [-0.2, -0.15) is 0 Å². The number of rotatable bonds is 7. The Morgan fingerprint density at radius 2 is 1.86 bits per heavy atom. The Bertz CT molecular complexity index is 993. The zero-order chi connectivity index (χ0) is 21.2. The van der Waals surface area contributed by atoms with E-state index < -0.39 is 64.2 Å². The molecule has 0 spiro atoms. The van der Waals surface area contributed by atoms with E-state index in [9.17, 15) is 36.3 Å². The van der Waals surface area contributed by atoms with Crippen molar-refractivity contribution in [2.75, 3.05) is 6.61 Å². The molecule has 2 heterocycles. The first-order chi connectivity index (χ1) is 13.0. The average molecular weight is 432 g/mol. The van der Waals surface area contributed by atoms with E-state index in [1.807, 2.05) is 0 Å². The van der Waals surface area contributed by atoms with Gasteiger partial charge >= 0.3 is 18.2 Å². The van der Waals surface area contributed by atoms with Crippen molar-refractivity contribution in [2.24, 2.45) is 0 Å². The fourth-order valence-corrected chi connectivity index (χ4v) is 3.65. The number of aromatic nitrogens is 2. The molecule has 0 saturated carbocycles. The van der Waals surface area contributed by atoms with Gasteiger partial charge in [0.05, 0.1) is 24.1 Å². The van der Waals surface area contributed by atoms with Crippen molar-refractivity contribution in [1.29, 1.82) is 0 Å². The standard InChI is InChI=1S/C14H13F5N2O6S/c1-2-3-20-9(22)7-6(8(15)16)11(27-13(24)25)28-10(7)21(12(20)23)4-5-26-14(17,18)19/h8H,2-5H2,1H3,(H,24,25). The summed E-state index contributed by atoms with van der Waals surface area (Å²) >= 11 is 0.250. The molecule has 0 atom stereocenters. The summed E-state index contributed by atoms with van der Waals surface area (Å²) in [5.41, 5.74) is -3.18. The molecule has 0 aliphatic rings. The molecule has 1 N–H and O–H groups in total. The molecule has 0 aromatic carbocycles. The highest BCUT2D eigenvalue weighted by molar-refractivity contribution is 7.20. The zero-order valence-corrected chi connectivity index (χ0v) is 14.9. The molecule has 156 valence electrons. The van der Waals surface area contributed by atoms with Crippen LogP contribution in [0.3, 0.4) is 0 Å². The predicted octanol–water partition coefficient (Wildman–Crippen LogP) is 3.17. The topological polar surface area (TPSA) is 99.8 Å². The minimum Gasteiger partial charge on any atom is -0.449 e. The third-order valence-electron chi connectivity index (χ3n) is 3.48. The largest absolute Gasteiger partial charge is 0.522 e. The quantitative estimate of drug-likeness (QED) is 0.533. The van der Waals surface area contributed by atoms with Gasteiger partial charge in [-0.05, 0) is 6.42 Å². The summed E-state index contributed by atoms with van der Waals surface area (Å²) in [5, 5.41) is 7.18. The van der Waals surface area contributed by atoms with Crippen LogP contribution in [0.5, 0.6) is 5.06 Å². The molecule has 2 rings (SSSR count). The van der Waals surface area contributed by atoms with E-state index in [1.54, 1.807) is 6.92 Å². The second-order valence-corrected chi connectivity index (χ2v) is 6.30. The van der Waals surface area contributed by atoms with Crippen molar-refractivity contribution in [2.45, 2.75) is 39.2 Å². The van der Waals surface area contributed by atoms with Gasteiger partial charge < -0.3 is 9.84 Å². The molecule has 0 aliphatic heterocycles. The highest BCUT2D eigenvalue weighted by atomic mass is 32.1. The van der Waals surface area contributed by atoms with Crippen LogP contribution in [0.2, 0.25) is 0 Å². The Labute approximate surface area is 156 Å². The number of carboxylic acid groups (broad SMARTS) is 1. The van der Waals surface area contributed by atoms with Gasteiger partial charge in [-0.3, -0.25) is 18.7 Å². The van der Waals surface area contributed by atoms with Crippen LogP contribution >= 0.6 is 11.3 Å². The molecular weight excluding hydrogens is 419 g/mol. The zero-order valence-electron chi connectivity index (χ0n) is 14.1. The van der Waals surface area contributed by atoms with Crippen LogP contribution in [-0.4, -0.2) is 33.4 Å². The van der Waals surface area contributed by atoms with E-state index in [0.717, 1.165) is 0 Å². The van der Waals surface area contributed by atoms with Gasteiger partial charge in [0.15, 0.2) is 5.06 Å². The van der Waals surface area contributed by atoms with Crippen LogP contribution < -0.4 is 16.0 Å². The van der Waals surface area contributed by atoms with Crippen molar-refractivity contribution < 1.29 is 41.3 Å². The number of nitrogens with zero attached hydrogens (tertiary/aromatic N) is 2. The van der Waals surface area contributed by atoms with Crippen molar-refractivity contribution >= 4 is 27.7 Å². The number of halogens is 5. The second-order valence-electron chi connectivity index (χ2n) is 5.34. The third-order valence-corrected chi connectivity index (χ3v) is 4.59. The predicted molar refractivity (Wildman–Crippen MR) is 86.3 cm³/mol. The number of alkyl halides is 5. The molecule has 0 aliphatic carbocycles. The smallest absolute Gasteiger partial charge is 0.449 e. The van der Waals surface area contributed by atoms with Crippen molar-refractivity contribution in [3.63, 3.8) is 0 Å². The SMILES string of the molecule is CCCn1c(=O)c2c(C(F)F)c(OC(=O)O)sc2n(CCOC(F)(F)F)c1=O. The lowest BCUT2D eigenvalue weighted by Crippen LogP contribution is -2.40.